The number of carbonyl (C=O) groups is 1. The Morgan fingerprint density at radius 1 is 1.24 bits per heavy atom. The molecule has 5 heteroatoms. The van der Waals surface area contributed by atoms with E-state index in [-0.39, 0.29) is 5.91 Å². The zero-order valence-electron chi connectivity index (χ0n) is 10.3. The number of carbonyl (C=O) groups excluding carboxylic acids is 1. The molecule has 1 saturated heterocycles. The van der Waals surface area contributed by atoms with Crippen molar-refractivity contribution in [3.05, 3.63) is 0 Å². The molecular formula is C12H21N3O2. The number of hydrogen-bond acceptors (Lipinski definition) is 4. The van der Waals surface area contributed by atoms with Crippen LogP contribution in [0.15, 0.2) is 5.10 Å². The van der Waals surface area contributed by atoms with Crippen LogP contribution in [0.1, 0.15) is 32.1 Å². The van der Waals surface area contributed by atoms with Crippen molar-refractivity contribution in [1.29, 1.82) is 0 Å². The van der Waals surface area contributed by atoms with Gasteiger partial charge in [0, 0.05) is 18.8 Å². The van der Waals surface area contributed by atoms with Crippen LogP contribution in [-0.2, 0) is 9.53 Å². The van der Waals surface area contributed by atoms with Crippen LogP contribution in [0.4, 0.5) is 0 Å². The third kappa shape index (κ3) is 4.44. The van der Waals surface area contributed by atoms with Gasteiger partial charge >= 0.3 is 0 Å². The van der Waals surface area contributed by atoms with Crippen LogP contribution in [0, 0.1) is 0 Å². The average Bonchev–Trinajstić information content (AvgIpc) is 2.39. The maximum absolute atomic E-state index is 11.7. The van der Waals surface area contributed by atoms with Crippen molar-refractivity contribution < 1.29 is 9.53 Å². The Bertz CT molecular complexity index is 277. The van der Waals surface area contributed by atoms with Gasteiger partial charge in [-0.25, -0.2) is 5.43 Å². The lowest BCUT2D eigenvalue weighted by molar-refractivity contribution is -0.123. The fourth-order valence-electron chi connectivity index (χ4n) is 2.21. The summed E-state index contributed by atoms with van der Waals surface area (Å²) < 4.78 is 5.24. The van der Waals surface area contributed by atoms with Crippen LogP contribution < -0.4 is 5.43 Å². The van der Waals surface area contributed by atoms with E-state index in [9.17, 15) is 4.79 Å². The summed E-state index contributed by atoms with van der Waals surface area (Å²) in [5.74, 6) is -0.00928. The first-order chi connectivity index (χ1) is 8.34. The zero-order chi connectivity index (χ0) is 11.9. The molecule has 0 unspecified atom stereocenters. The molecule has 2 fully saturated rings. The van der Waals surface area contributed by atoms with Gasteiger partial charge in [-0.1, -0.05) is 6.42 Å². The number of amides is 1. The molecule has 1 N–H and O–H groups in total. The molecule has 0 bridgehead atoms. The highest BCUT2D eigenvalue weighted by Gasteiger charge is 2.14. The second kappa shape index (κ2) is 6.71. The Morgan fingerprint density at radius 3 is 2.65 bits per heavy atom. The molecule has 0 spiro atoms. The highest BCUT2D eigenvalue weighted by Crippen LogP contribution is 2.14. The highest BCUT2D eigenvalue weighted by atomic mass is 16.5. The first-order valence-electron chi connectivity index (χ1n) is 6.49. The van der Waals surface area contributed by atoms with E-state index in [0.29, 0.717) is 6.54 Å². The minimum Gasteiger partial charge on any atom is -0.379 e. The van der Waals surface area contributed by atoms with E-state index in [1.807, 2.05) is 0 Å². The van der Waals surface area contributed by atoms with E-state index in [1.54, 1.807) is 0 Å². The number of nitrogens with one attached hydrogen (secondary N) is 1. The second-order valence-electron chi connectivity index (χ2n) is 4.66. The van der Waals surface area contributed by atoms with E-state index in [1.165, 1.54) is 19.3 Å². The third-order valence-corrected chi connectivity index (χ3v) is 3.24. The lowest BCUT2D eigenvalue weighted by Gasteiger charge is -2.25. The molecule has 0 aromatic carbocycles. The molecule has 0 aromatic heterocycles. The van der Waals surface area contributed by atoms with Crippen LogP contribution in [0.3, 0.4) is 0 Å². The molecule has 17 heavy (non-hydrogen) atoms. The summed E-state index contributed by atoms with van der Waals surface area (Å²) in [4.78, 5) is 13.8. The average molecular weight is 239 g/mol. The SMILES string of the molecule is O=C(CN1CCOCC1)NN=C1CCCCC1. The molecule has 1 aliphatic carbocycles. The highest BCUT2D eigenvalue weighted by molar-refractivity contribution is 5.87. The Labute approximate surface area is 102 Å². The first-order valence-corrected chi connectivity index (χ1v) is 6.49. The number of nitrogens with zero attached hydrogens (tertiary/aromatic N) is 2. The molecule has 1 aliphatic heterocycles. The van der Waals surface area contributed by atoms with Crippen molar-refractivity contribution in [2.75, 3.05) is 32.8 Å². The smallest absolute Gasteiger partial charge is 0.254 e. The number of rotatable bonds is 3. The van der Waals surface area contributed by atoms with Crippen molar-refractivity contribution in [3.8, 4) is 0 Å². The van der Waals surface area contributed by atoms with E-state index in [4.69, 9.17) is 4.74 Å². The number of hydrazone groups is 1. The summed E-state index contributed by atoms with van der Waals surface area (Å²) >= 11 is 0. The minimum atomic E-state index is -0.00928. The van der Waals surface area contributed by atoms with Gasteiger partial charge in [0.25, 0.3) is 5.91 Å². The maximum atomic E-state index is 11.7. The standard InChI is InChI=1S/C12H21N3O2/c16-12(10-15-6-8-17-9-7-15)14-13-11-4-2-1-3-5-11/h1-10H2,(H,14,16). The summed E-state index contributed by atoms with van der Waals surface area (Å²) in [7, 11) is 0. The molecular weight excluding hydrogens is 218 g/mol. The van der Waals surface area contributed by atoms with Crippen molar-refractivity contribution in [2.45, 2.75) is 32.1 Å². The fourth-order valence-corrected chi connectivity index (χ4v) is 2.21. The molecule has 0 radical (unpaired) electrons. The molecule has 1 saturated carbocycles. The summed E-state index contributed by atoms with van der Waals surface area (Å²) in [5.41, 5.74) is 3.81. The molecule has 1 amide bonds. The first kappa shape index (κ1) is 12.5. The van der Waals surface area contributed by atoms with E-state index < -0.39 is 0 Å². The van der Waals surface area contributed by atoms with Gasteiger partial charge in [0.15, 0.2) is 0 Å². The Hall–Kier alpha value is -0.940. The topological polar surface area (TPSA) is 53.9 Å². The van der Waals surface area contributed by atoms with Gasteiger partial charge in [-0.05, 0) is 25.7 Å². The Kier molecular flexibility index (Phi) is 4.94. The van der Waals surface area contributed by atoms with E-state index in [2.05, 4.69) is 15.4 Å². The monoisotopic (exact) mass is 239 g/mol. The lowest BCUT2D eigenvalue weighted by Crippen LogP contribution is -2.42. The zero-order valence-corrected chi connectivity index (χ0v) is 10.3. The predicted octanol–water partition coefficient (Wildman–Crippen LogP) is 0.755. The van der Waals surface area contributed by atoms with Crippen LogP contribution in [-0.4, -0.2) is 49.4 Å². The largest absolute Gasteiger partial charge is 0.379 e. The fraction of sp³-hybridized carbons (Fsp3) is 0.833. The van der Waals surface area contributed by atoms with Crippen LogP contribution >= 0.6 is 0 Å². The predicted molar refractivity (Wildman–Crippen MR) is 65.9 cm³/mol. The van der Waals surface area contributed by atoms with Crippen molar-refractivity contribution >= 4 is 11.6 Å². The van der Waals surface area contributed by atoms with Crippen LogP contribution in [0.25, 0.3) is 0 Å². The third-order valence-electron chi connectivity index (χ3n) is 3.24. The number of ether oxygens (including phenoxy) is 1. The van der Waals surface area contributed by atoms with Gasteiger partial charge in [-0.2, -0.15) is 5.10 Å². The summed E-state index contributed by atoms with van der Waals surface area (Å²) in [5, 5.41) is 4.21. The van der Waals surface area contributed by atoms with E-state index in [0.717, 1.165) is 44.9 Å². The second-order valence-corrected chi connectivity index (χ2v) is 4.66. The van der Waals surface area contributed by atoms with Crippen LogP contribution in [0.2, 0.25) is 0 Å². The minimum absolute atomic E-state index is 0.00928. The summed E-state index contributed by atoms with van der Waals surface area (Å²) in [6.45, 7) is 3.55. The van der Waals surface area contributed by atoms with Gasteiger partial charge < -0.3 is 4.74 Å². The molecule has 5 nitrogen and oxygen atoms in total. The molecule has 0 aromatic rings. The lowest BCUT2D eigenvalue weighted by atomic mass is 9.99. The van der Waals surface area contributed by atoms with E-state index >= 15 is 0 Å². The maximum Gasteiger partial charge on any atom is 0.254 e. The van der Waals surface area contributed by atoms with Gasteiger partial charge in [-0.15, -0.1) is 0 Å². The normalized spacial score (nSPS) is 22.2. The van der Waals surface area contributed by atoms with Gasteiger partial charge in [0.2, 0.25) is 0 Å². The summed E-state index contributed by atoms with van der Waals surface area (Å²) in [6, 6.07) is 0. The molecule has 96 valence electrons. The number of morpholine rings is 1. The molecule has 2 aliphatic rings. The van der Waals surface area contributed by atoms with Gasteiger partial charge in [0.1, 0.15) is 0 Å². The molecule has 2 rings (SSSR count). The van der Waals surface area contributed by atoms with Gasteiger partial charge in [0.05, 0.1) is 19.8 Å². The molecule has 0 atom stereocenters. The van der Waals surface area contributed by atoms with Crippen molar-refractivity contribution in [1.82, 2.24) is 10.3 Å². The quantitative estimate of drug-likeness (QED) is 0.740. The number of hydrogen-bond donors (Lipinski definition) is 1. The summed E-state index contributed by atoms with van der Waals surface area (Å²) in [6.07, 6.45) is 5.78. The Morgan fingerprint density at radius 2 is 1.94 bits per heavy atom. The van der Waals surface area contributed by atoms with Crippen molar-refractivity contribution in [2.24, 2.45) is 5.10 Å². The van der Waals surface area contributed by atoms with Crippen molar-refractivity contribution in [3.63, 3.8) is 0 Å². The molecule has 1 heterocycles. The Balaban J connectivity index is 1.69. The van der Waals surface area contributed by atoms with Crippen LogP contribution in [0.5, 0.6) is 0 Å². The van der Waals surface area contributed by atoms with Gasteiger partial charge in [-0.3, -0.25) is 9.69 Å².